The molecule has 0 spiro atoms. The van der Waals surface area contributed by atoms with Crippen LogP contribution in [0.4, 0.5) is 0 Å². The first-order valence-electron chi connectivity index (χ1n) is 17.0. The second-order valence-corrected chi connectivity index (χ2v) is 12.0. The Hall–Kier alpha value is -2.84. The molecule has 0 amide bonds. The smallest absolute Gasteiger partial charge is 0.169 e. The molecule has 0 saturated heterocycles. The summed E-state index contributed by atoms with van der Waals surface area (Å²) in [5.41, 5.74) is 0. The van der Waals surface area contributed by atoms with Gasteiger partial charge in [-0.25, -0.2) is 0 Å². The molecule has 0 bridgehead atoms. The van der Waals surface area contributed by atoms with Crippen LogP contribution in [0, 0.1) is 11.8 Å². The second kappa shape index (κ2) is 21.0. The highest BCUT2D eigenvalue weighted by Crippen LogP contribution is 2.39. The standard InChI is InChI=1S/C38H56O7/c1-5-9-14-29(7-3)23-41-25-32(39)27-43-35-19-20-36-31(22-35)18-21-37(45-34-16-12-11-13-17-34)38(36)44-28-33(40)26-42-24-30(8-4)15-10-6-2/h11-13,16-22,29-30,32-33,39-40H,5-10,14-15,23-28H2,1-4H3. The molecule has 250 valence electrons. The van der Waals surface area contributed by atoms with E-state index in [4.69, 9.17) is 23.7 Å². The van der Waals surface area contributed by atoms with E-state index < -0.39 is 12.2 Å². The van der Waals surface area contributed by atoms with Gasteiger partial charge in [0.1, 0.15) is 36.9 Å². The number of hydrogen-bond acceptors (Lipinski definition) is 7. The lowest BCUT2D eigenvalue weighted by Crippen LogP contribution is -2.25. The molecular formula is C38H56O7. The van der Waals surface area contributed by atoms with Crippen molar-refractivity contribution in [3.63, 3.8) is 0 Å². The van der Waals surface area contributed by atoms with Crippen molar-refractivity contribution in [1.82, 2.24) is 0 Å². The molecule has 2 N–H and O–H groups in total. The molecule has 7 nitrogen and oxygen atoms in total. The minimum Gasteiger partial charge on any atom is -0.491 e. The fourth-order valence-electron chi connectivity index (χ4n) is 5.20. The minimum absolute atomic E-state index is 0.0673. The Morgan fingerprint density at radius 3 is 1.78 bits per heavy atom. The zero-order chi connectivity index (χ0) is 32.3. The number of ether oxygens (including phenoxy) is 5. The Bertz CT molecular complexity index is 1200. The van der Waals surface area contributed by atoms with E-state index in [1.54, 1.807) is 0 Å². The Balaban J connectivity index is 1.63. The summed E-state index contributed by atoms with van der Waals surface area (Å²) >= 11 is 0. The first-order chi connectivity index (χ1) is 22.0. The lowest BCUT2D eigenvalue weighted by Gasteiger charge is -2.19. The predicted molar refractivity (Wildman–Crippen MR) is 182 cm³/mol. The highest BCUT2D eigenvalue weighted by molar-refractivity contribution is 5.92. The molecule has 0 aliphatic carbocycles. The van der Waals surface area contributed by atoms with Crippen molar-refractivity contribution in [2.45, 2.75) is 91.3 Å². The molecule has 0 fully saturated rings. The van der Waals surface area contributed by atoms with Gasteiger partial charge in [0.05, 0.1) is 13.2 Å². The summed E-state index contributed by atoms with van der Waals surface area (Å²) in [6, 6.07) is 19.1. The summed E-state index contributed by atoms with van der Waals surface area (Å²) in [6.07, 6.45) is 7.72. The number of aliphatic hydroxyl groups is 2. The van der Waals surface area contributed by atoms with Gasteiger partial charge in [-0.3, -0.25) is 0 Å². The number of unbranched alkanes of at least 4 members (excludes halogenated alkanes) is 2. The molecule has 3 aromatic carbocycles. The molecule has 0 aromatic heterocycles. The van der Waals surface area contributed by atoms with Crippen LogP contribution in [0.3, 0.4) is 0 Å². The SMILES string of the molecule is CCCCC(CC)COCC(O)COc1ccc2c(OCC(O)COCC(CC)CCCC)c(Oc3ccccc3)ccc2c1. The van der Waals surface area contributed by atoms with Crippen molar-refractivity contribution in [3.05, 3.63) is 60.7 Å². The molecule has 4 atom stereocenters. The first-order valence-corrected chi connectivity index (χ1v) is 17.0. The zero-order valence-corrected chi connectivity index (χ0v) is 27.9. The van der Waals surface area contributed by atoms with Crippen LogP contribution in [-0.4, -0.2) is 62.1 Å². The highest BCUT2D eigenvalue weighted by Gasteiger charge is 2.16. The van der Waals surface area contributed by atoms with Crippen LogP contribution in [0.1, 0.15) is 79.1 Å². The van der Waals surface area contributed by atoms with Gasteiger partial charge in [-0.1, -0.05) is 90.5 Å². The van der Waals surface area contributed by atoms with E-state index in [0.717, 1.165) is 36.5 Å². The zero-order valence-electron chi connectivity index (χ0n) is 27.9. The van der Waals surface area contributed by atoms with Crippen molar-refractivity contribution < 1.29 is 33.9 Å². The van der Waals surface area contributed by atoms with Gasteiger partial charge in [0.15, 0.2) is 11.5 Å². The van der Waals surface area contributed by atoms with Gasteiger partial charge in [0, 0.05) is 18.6 Å². The van der Waals surface area contributed by atoms with E-state index in [1.807, 2.05) is 60.7 Å². The summed E-state index contributed by atoms with van der Waals surface area (Å²) in [7, 11) is 0. The van der Waals surface area contributed by atoms with E-state index in [1.165, 1.54) is 25.7 Å². The van der Waals surface area contributed by atoms with Crippen molar-refractivity contribution in [2.24, 2.45) is 11.8 Å². The second-order valence-electron chi connectivity index (χ2n) is 12.0. The van der Waals surface area contributed by atoms with E-state index in [9.17, 15) is 10.2 Å². The first kappa shape index (κ1) is 36.6. The summed E-state index contributed by atoms with van der Waals surface area (Å²) in [4.78, 5) is 0. The fraction of sp³-hybridized carbons (Fsp3) is 0.579. The lowest BCUT2D eigenvalue weighted by atomic mass is 10.0. The molecule has 4 unspecified atom stereocenters. The third-order valence-corrected chi connectivity index (χ3v) is 8.15. The summed E-state index contributed by atoms with van der Waals surface area (Å²) in [5, 5.41) is 22.9. The predicted octanol–water partition coefficient (Wildman–Crippen LogP) is 8.58. The molecular weight excluding hydrogens is 568 g/mol. The maximum atomic E-state index is 10.7. The van der Waals surface area contributed by atoms with E-state index in [2.05, 4.69) is 27.7 Å². The summed E-state index contributed by atoms with van der Waals surface area (Å²) in [6.45, 7) is 10.7. The molecule has 0 saturated carbocycles. The fourth-order valence-corrected chi connectivity index (χ4v) is 5.20. The largest absolute Gasteiger partial charge is 0.491 e. The number of benzene rings is 3. The normalized spacial score (nSPS) is 14.2. The number of para-hydroxylation sites is 1. The van der Waals surface area contributed by atoms with Gasteiger partial charge in [-0.15, -0.1) is 0 Å². The van der Waals surface area contributed by atoms with Crippen LogP contribution >= 0.6 is 0 Å². The summed E-state index contributed by atoms with van der Waals surface area (Å²) in [5.74, 6) is 3.46. The molecule has 3 rings (SSSR count). The van der Waals surface area contributed by atoms with Gasteiger partial charge in [0.25, 0.3) is 0 Å². The number of aliphatic hydroxyl groups excluding tert-OH is 2. The highest BCUT2D eigenvalue weighted by atomic mass is 16.5. The van der Waals surface area contributed by atoms with Crippen LogP contribution < -0.4 is 14.2 Å². The van der Waals surface area contributed by atoms with Crippen LogP contribution in [0.15, 0.2) is 60.7 Å². The average Bonchev–Trinajstić information content (AvgIpc) is 3.06. The molecule has 0 aliphatic rings. The topological polar surface area (TPSA) is 86.6 Å². The molecule has 0 heterocycles. The molecule has 7 heteroatoms. The van der Waals surface area contributed by atoms with Gasteiger partial charge in [-0.2, -0.15) is 0 Å². The Morgan fingerprint density at radius 2 is 1.20 bits per heavy atom. The van der Waals surface area contributed by atoms with Gasteiger partial charge < -0.3 is 33.9 Å². The number of rotatable bonds is 24. The quantitative estimate of drug-likeness (QED) is 0.103. The third kappa shape index (κ3) is 13.2. The third-order valence-electron chi connectivity index (χ3n) is 8.15. The minimum atomic E-state index is -0.779. The van der Waals surface area contributed by atoms with E-state index in [0.29, 0.717) is 48.0 Å². The maximum Gasteiger partial charge on any atom is 0.169 e. The maximum absolute atomic E-state index is 10.7. The average molecular weight is 625 g/mol. The molecule has 0 aliphatic heterocycles. The Morgan fingerprint density at radius 1 is 0.600 bits per heavy atom. The monoisotopic (exact) mass is 624 g/mol. The molecule has 0 radical (unpaired) electrons. The van der Waals surface area contributed by atoms with Crippen molar-refractivity contribution in [1.29, 1.82) is 0 Å². The van der Waals surface area contributed by atoms with Crippen LogP contribution in [-0.2, 0) is 9.47 Å². The summed E-state index contributed by atoms with van der Waals surface area (Å²) < 4.78 is 30.0. The lowest BCUT2D eigenvalue weighted by molar-refractivity contribution is -0.00120. The van der Waals surface area contributed by atoms with Gasteiger partial charge >= 0.3 is 0 Å². The number of fused-ring (bicyclic) bond motifs is 1. The van der Waals surface area contributed by atoms with Crippen LogP contribution in [0.25, 0.3) is 10.8 Å². The van der Waals surface area contributed by atoms with Crippen LogP contribution in [0.2, 0.25) is 0 Å². The van der Waals surface area contributed by atoms with E-state index in [-0.39, 0.29) is 26.4 Å². The Labute approximate surface area is 270 Å². The van der Waals surface area contributed by atoms with Crippen molar-refractivity contribution >= 4 is 10.8 Å². The van der Waals surface area contributed by atoms with Gasteiger partial charge in [0.2, 0.25) is 0 Å². The molecule has 3 aromatic rings. The van der Waals surface area contributed by atoms with Gasteiger partial charge in [-0.05, 0) is 66.5 Å². The van der Waals surface area contributed by atoms with Crippen LogP contribution in [0.5, 0.6) is 23.0 Å². The van der Waals surface area contributed by atoms with Crippen molar-refractivity contribution in [3.8, 4) is 23.0 Å². The Kier molecular flexibility index (Phi) is 17.1. The van der Waals surface area contributed by atoms with Crippen molar-refractivity contribution in [2.75, 3.05) is 39.6 Å². The number of hydrogen-bond donors (Lipinski definition) is 2. The molecule has 45 heavy (non-hydrogen) atoms. The van der Waals surface area contributed by atoms with E-state index >= 15 is 0 Å².